The highest BCUT2D eigenvalue weighted by Gasteiger charge is 2.23. The molecule has 88 valence electrons. The SMILES string of the molecule is COc1ccc(C(OC)C(=O)O)c(OC)c1. The van der Waals surface area contributed by atoms with Crippen LogP contribution in [0.3, 0.4) is 0 Å². The fourth-order valence-corrected chi connectivity index (χ4v) is 1.40. The third-order valence-corrected chi connectivity index (χ3v) is 2.18. The molecule has 0 bridgehead atoms. The Morgan fingerprint density at radius 3 is 2.38 bits per heavy atom. The molecule has 1 aromatic rings. The van der Waals surface area contributed by atoms with E-state index in [1.807, 2.05) is 0 Å². The van der Waals surface area contributed by atoms with E-state index in [2.05, 4.69) is 0 Å². The van der Waals surface area contributed by atoms with Crippen molar-refractivity contribution in [1.82, 2.24) is 0 Å². The Morgan fingerprint density at radius 2 is 1.94 bits per heavy atom. The molecule has 0 fully saturated rings. The van der Waals surface area contributed by atoms with Gasteiger partial charge in [-0.25, -0.2) is 4.79 Å². The molecular formula is C11H14O5. The molecule has 0 spiro atoms. The summed E-state index contributed by atoms with van der Waals surface area (Å²) < 4.78 is 15.0. The molecule has 1 unspecified atom stereocenters. The van der Waals surface area contributed by atoms with E-state index in [0.29, 0.717) is 17.1 Å². The van der Waals surface area contributed by atoms with Crippen LogP contribution in [0.1, 0.15) is 11.7 Å². The number of benzene rings is 1. The molecule has 0 saturated carbocycles. The van der Waals surface area contributed by atoms with Gasteiger partial charge in [0, 0.05) is 18.7 Å². The Morgan fingerprint density at radius 1 is 1.25 bits per heavy atom. The Kier molecular flexibility index (Phi) is 4.13. The monoisotopic (exact) mass is 226 g/mol. The van der Waals surface area contributed by atoms with Crippen LogP contribution in [0.4, 0.5) is 0 Å². The lowest BCUT2D eigenvalue weighted by Crippen LogP contribution is -2.14. The van der Waals surface area contributed by atoms with Gasteiger partial charge in [-0.2, -0.15) is 0 Å². The molecule has 0 aliphatic rings. The van der Waals surface area contributed by atoms with E-state index in [1.165, 1.54) is 21.3 Å². The molecule has 1 rings (SSSR count). The molecule has 1 atom stereocenters. The maximum atomic E-state index is 10.9. The summed E-state index contributed by atoms with van der Waals surface area (Å²) in [6.45, 7) is 0. The van der Waals surface area contributed by atoms with Gasteiger partial charge in [-0.3, -0.25) is 0 Å². The number of carboxylic acids is 1. The summed E-state index contributed by atoms with van der Waals surface area (Å²) in [7, 11) is 4.33. The second-order valence-corrected chi connectivity index (χ2v) is 3.06. The first-order chi connectivity index (χ1) is 7.63. The van der Waals surface area contributed by atoms with Crippen LogP contribution in [0.15, 0.2) is 18.2 Å². The second kappa shape index (κ2) is 5.37. The topological polar surface area (TPSA) is 65.0 Å². The molecular weight excluding hydrogens is 212 g/mol. The molecule has 0 aliphatic heterocycles. The third-order valence-electron chi connectivity index (χ3n) is 2.18. The van der Waals surface area contributed by atoms with Gasteiger partial charge in [0.1, 0.15) is 11.5 Å². The van der Waals surface area contributed by atoms with E-state index in [4.69, 9.17) is 19.3 Å². The highest BCUT2D eigenvalue weighted by Crippen LogP contribution is 2.31. The van der Waals surface area contributed by atoms with Crippen molar-refractivity contribution in [3.05, 3.63) is 23.8 Å². The van der Waals surface area contributed by atoms with E-state index in [9.17, 15) is 4.79 Å². The van der Waals surface area contributed by atoms with Gasteiger partial charge in [-0.1, -0.05) is 0 Å². The highest BCUT2D eigenvalue weighted by molar-refractivity contribution is 5.75. The van der Waals surface area contributed by atoms with Crippen molar-refractivity contribution >= 4 is 5.97 Å². The number of carboxylic acid groups (broad SMARTS) is 1. The maximum absolute atomic E-state index is 10.9. The first kappa shape index (κ1) is 12.3. The van der Waals surface area contributed by atoms with Crippen molar-refractivity contribution in [1.29, 1.82) is 0 Å². The van der Waals surface area contributed by atoms with Crippen molar-refractivity contribution in [2.24, 2.45) is 0 Å². The Labute approximate surface area is 93.6 Å². The third kappa shape index (κ3) is 2.43. The quantitative estimate of drug-likeness (QED) is 0.823. The van der Waals surface area contributed by atoms with Gasteiger partial charge in [0.15, 0.2) is 6.10 Å². The van der Waals surface area contributed by atoms with Gasteiger partial charge in [0.25, 0.3) is 0 Å². The van der Waals surface area contributed by atoms with Crippen LogP contribution in [0, 0.1) is 0 Å². The lowest BCUT2D eigenvalue weighted by molar-refractivity contribution is -0.149. The molecule has 0 amide bonds. The number of ether oxygens (including phenoxy) is 3. The van der Waals surface area contributed by atoms with E-state index < -0.39 is 12.1 Å². The number of hydrogen-bond acceptors (Lipinski definition) is 4. The molecule has 0 heterocycles. The zero-order valence-electron chi connectivity index (χ0n) is 9.39. The van der Waals surface area contributed by atoms with Gasteiger partial charge in [0.2, 0.25) is 0 Å². The zero-order valence-corrected chi connectivity index (χ0v) is 9.39. The maximum Gasteiger partial charge on any atom is 0.337 e. The average molecular weight is 226 g/mol. The van der Waals surface area contributed by atoms with Crippen LogP contribution < -0.4 is 9.47 Å². The minimum Gasteiger partial charge on any atom is -0.497 e. The highest BCUT2D eigenvalue weighted by atomic mass is 16.5. The summed E-state index contributed by atoms with van der Waals surface area (Å²) in [5, 5.41) is 8.96. The standard InChI is InChI=1S/C11H14O5/c1-14-7-4-5-8(9(6-7)15-2)10(16-3)11(12)13/h4-6,10H,1-3H3,(H,12,13). The number of carbonyl (C=O) groups is 1. The second-order valence-electron chi connectivity index (χ2n) is 3.06. The van der Waals surface area contributed by atoms with E-state index >= 15 is 0 Å². The summed E-state index contributed by atoms with van der Waals surface area (Å²) in [5.41, 5.74) is 0.457. The molecule has 5 nitrogen and oxygen atoms in total. The summed E-state index contributed by atoms with van der Waals surface area (Å²) in [6.07, 6.45) is -1.04. The van der Waals surface area contributed by atoms with Crippen molar-refractivity contribution in [3.8, 4) is 11.5 Å². The van der Waals surface area contributed by atoms with Crippen molar-refractivity contribution < 1.29 is 24.1 Å². The van der Waals surface area contributed by atoms with Crippen molar-refractivity contribution in [2.75, 3.05) is 21.3 Å². The largest absolute Gasteiger partial charge is 0.497 e. The summed E-state index contributed by atoms with van der Waals surface area (Å²) >= 11 is 0. The van der Waals surface area contributed by atoms with Crippen molar-refractivity contribution in [2.45, 2.75) is 6.10 Å². The first-order valence-corrected chi connectivity index (χ1v) is 4.61. The lowest BCUT2D eigenvalue weighted by atomic mass is 10.1. The summed E-state index contributed by atoms with van der Waals surface area (Å²) in [6, 6.07) is 4.89. The first-order valence-electron chi connectivity index (χ1n) is 4.61. The molecule has 1 N–H and O–H groups in total. The van der Waals surface area contributed by atoms with Crippen LogP contribution in [0.25, 0.3) is 0 Å². The fourth-order valence-electron chi connectivity index (χ4n) is 1.40. The number of aliphatic carboxylic acids is 1. The molecule has 16 heavy (non-hydrogen) atoms. The molecule has 0 radical (unpaired) electrons. The predicted molar refractivity (Wildman–Crippen MR) is 56.9 cm³/mol. The molecule has 0 aliphatic carbocycles. The molecule has 0 saturated heterocycles. The van der Waals surface area contributed by atoms with Crippen LogP contribution >= 0.6 is 0 Å². The van der Waals surface area contributed by atoms with Crippen molar-refractivity contribution in [3.63, 3.8) is 0 Å². The van der Waals surface area contributed by atoms with E-state index in [1.54, 1.807) is 18.2 Å². The van der Waals surface area contributed by atoms with Gasteiger partial charge >= 0.3 is 5.97 Å². The fraction of sp³-hybridized carbons (Fsp3) is 0.364. The molecule has 5 heteroatoms. The van der Waals surface area contributed by atoms with Crippen LogP contribution in [-0.4, -0.2) is 32.4 Å². The molecule has 1 aromatic carbocycles. The number of hydrogen-bond donors (Lipinski definition) is 1. The van der Waals surface area contributed by atoms with Gasteiger partial charge in [0.05, 0.1) is 14.2 Å². The minimum atomic E-state index is -1.06. The van der Waals surface area contributed by atoms with Crippen LogP contribution in [-0.2, 0) is 9.53 Å². The van der Waals surface area contributed by atoms with E-state index in [-0.39, 0.29) is 0 Å². The lowest BCUT2D eigenvalue weighted by Gasteiger charge is -2.15. The van der Waals surface area contributed by atoms with Gasteiger partial charge < -0.3 is 19.3 Å². The number of methoxy groups -OCH3 is 3. The Balaban J connectivity index is 3.16. The van der Waals surface area contributed by atoms with E-state index in [0.717, 1.165) is 0 Å². The average Bonchev–Trinajstić information content (AvgIpc) is 2.29. The normalized spacial score (nSPS) is 11.9. The summed E-state index contributed by atoms with van der Waals surface area (Å²) in [4.78, 5) is 10.9. The Bertz CT molecular complexity index is 375. The van der Waals surface area contributed by atoms with Gasteiger partial charge in [-0.15, -0.1) is 0 Å². The van der Waals surface area contributed by atoms with Crippen LogP contribution in [0.5, 0.6) is 11.5 Å². The molecule has 0 aromatic heterocycles. The minimum absolute atomic E-state index is 0.425. The summed E-state index contributed by atoms with van der Waals surface area (Å²) in [5.74, 6) is -0.0413. The number of rotatable bonds is 5. The van der Waals surface area contributed by atoms with Crippen LogP contribution in [0.2, 0.25) is 0 Å². The predicted octanol–water partition coefficient (Wildman–Crippen LogP) is 1.48. The Hall–Kier alpha value is -1.75. The van der Waals surface area contributed by atoms with Gasteiger partial charge in [-0.05, 0) is 12.1 Å². The smallest absolute Gasteiger partial charge is 0.337 e. The zero-order chi connectivity index (χ0) is 12.1.